The van der Waals surface area contributed by atoms with E-state index < -0.39 is 0 Å². The summed E-state index contributed by atoms with van der Waals surface area (Å²) in [5.41, 5.74) is 2.62. The summed E-state index contributed by atoms with van der Waals surface area (Å²) in [6.45, 7) is 0. The van der Waals surface area contributed by atoms with Crippen LogP contribution in [0.2, 0.25) is 0 Å². The number of halogens is 1. The lowest BCUT2D eigenvalue weighted by Crippen LogP contribution is -1.87. The van der Waals surface area contributed by atoms with Gasteiger partial charge in [0.25, 0.3) is 0 Å². The van der Waals surface area contributed by atoms with Gasteiger partial charge in [-0.25, -0.2) is 9.37 Å². The number of fused-ring (bicyclic) bond motifs is 1. The molecule has 0 atom stereocenters. The Morgan fingerprint density at radius 2 is 2.00 bits per heavy atom. The lowest BCUT2D eigenvalue weighted by atomic mass is 10.1. The zero-order valence-electron chi connectivity index (χ0n) is 8.47. The molecular formula is C13H9FN2. The Balaban J connectivity index is 2.29. The Bertz CT molecular complexity index is 643. The maximum atomic E-state index is 13.2. The molecule has 0 unspecified atom stereocenters. The van der Waals surface area contributed by atoms with E-state index in [2.05, 4.69) is 4.98 Å². The highest BCUT2D eigenvalue weighted by atomic mass is 19.1. The minimum absolute atomic E-state index is 0.231. The van der Waals surface area contributed by atoms with Crippen LogP contribution >= 0.6 is 0 Å². The van der Waals surface area contributed by atoms with Crippen LogP contribution in [0, 0.1) is 5.82 Å². The molecule has 3 aromatic rings. The predicted octanol–water partition coefficient (Wildman–Crippen LogP) is 3.14. The van der Waals surface area contributed by atoms with Crippen molar-refractivity contribution in [2.75, 3.05) is 0 Å². The molecule has 0 fully saturated rings. The molecule has 3 heteroatoms. The zero-order chi connectivity index (χ0) is 11.0. The number of hydrogen-bond donors (Lipinski definition) is 0. The quantitative estimate of drug-likeness (QED) is 0.605. The summed E-state index contributed by atoms with van der Waals surface area (Å²) in [7, 11) is 0. The van der Waals surface area contributed by atoms with Crippen LogP contribution < -0.4 is 0 Å². The summed E-state index contributed by atoms with van der Waals surface area (Å²) in [6, 6.07) is 10.4. The molecule has 0 amide bonds. The van der Waals surface area contributed by atoms with Gasteiger partial charge in [-0.15, -0.1) is 0 Å². The lowest BCUT2D eigenvalue weighted by Gasteiger charge is -2.03. The molecule has 2 aromatic heterocycles. The molecule has 0 bridgehead atoms. The Morgan fingerprint density at radius 3 is 2.88 bits per heavy atom. The van der Waals surface area contributed by atoms with Gasteiger partial charge >= 0.3 is 0 Å². The normalized spacial score (nSPS) is 10.8. The molecule has 0 saturated heterocycles. The van der Waals surface area contributed by atoms with Gasteiger partial charge in [0.2, 0.25) is 0 Å². The van der Waals surface area contributed by atoms with Crippen LogP contribution in [0.25, 0.3) is 16.8 Å². The Kier molecular flexibility index (Phi) is 1.96. The maximum absolute atomic E-state index is 13.2. The van der Waals surface area contributed by atoms with Crippen LogP contribution in [-0.4, -0.2) is 9.38 Å². The van der Waals surface area contributed by atoms with E-state index in [4.69, 9.17) is 0 Å². The standard InChI is InChI=1S/C13H9FN2/c14-11-4-1-3-10(9-11)12-5-2-7-16-8-6-15-13(12)16/h1-9H. The Morgan fingerprint density at radius 1 is 1.06 bits per heavy atom. The van der Waals surface area contributed by atoms with E-state index in [0.29, 0.717) is 0 Å². The van der Waals surface area contributed by atoms with Crippen LogP contribution in [0.15, 0.2) is 55.0 Å². The second-order valence-corrected chi connectivity index (χ2v) is 3.59. The van der Waals surface area contributed by atoms with E-state index in [-0.39, 0.29) is 5.82 Å². The van der Waals surface area contributed by atoms with Gasteiger partial charge in [0.15, 0.2) is 0 Å². The first kappa shape index (κ1) is 9.09. The van der Waals surface area contributed by atoms with Crippen molar-refractivity contribution in [2.45, 2.75) is 0 Å². The van der Waals surface area contributed by atoms with Gasteiger partial charge in [-0.05, 0) is 29.8 Å². The average molecular weight is 212 g/mol. The van der Waals surface area contributed by atoms with E-state index in [0.717, 1.165) is 16.8 Å². The van der Waals surface area contributed by atoms with Gasteiger partial charge in [0.1, 0.15) is 11.5 Å². The summed E-state index contributed by atoms with van der Waals surface area (Å²) >= 11 is 0. The summed E-state index contributed by atoms with van der Waals surface area (Å²) < 4.78 is 15.1. The number of aromatic nitrogens is 2. The third-order valence-electron chi connectivity index (χ3n) is 2.55. The minimum atomic E-state index is -0.231. The van der Waals surface area contributed by atoms with Crippen LogP contribution in [0.3, 0.4) is 0 Å². The monoisotopic (exact) mass is 212 g/mol. The van der Waals surface area contributed by atoms with E-state index in [9.17, 15) is 4.39 Å². The molecule has 1 aromatic carbocycles. The Labute approximate surface area is 92.0 Å². The van der Waals surface area contributed by atoms with Gasteiger partial charge in [-0.3, -0.25) is 0 Å². The van der Waals surface area contributed by atoms with Crippen molar-refractivity contribution in [3.8, 4) is 11.1 Å². The predicted molar refractivity (Wildman–Crippen MR) is 60.6 cm³/mol. The minimum Gasteiger partial charge on any atom is -0.307 e. The molecule has 0 saturated carbocycles. The fraction of sp³-hybridized carbons (Fsp3) is 0. The van der Waals surface area contributed by atoms with Crippen LogP contribution in [0.4, 0.5) is 4.39 Å². The van der Waals surface area contributed by atoms with Crippen molar-refractivity contribution in [2.24, 2.45) is 0 Å². The molecule has 0 aliphatic rings. The van der Waals surface area contributed by atoms with Crippen LogP contribution in [0.5, 0.6) is 0 Å². The number of nitrogens with zero attached hydrogens (tertiary/aromatic N) is 2. The van der Waals surface area contributed by atoms with Crippen molar-refractivity contribution in [3.05, 3.63) is 60.8 Å². The van der Waals surface area contributed by atoms with Crippen molar-refractivity contribution in [1.82, 2.24) is 9.38 Å². The van der Waals surface area contributed by atoms with E-state index in [1.807, 2.05) is 35.0 Å². The first-order valence-electron chi connectivity index (χ1n) is 5.02. The fourth-order valence-corrected chi connectivity index (χ4v) is 1.83. The van der Waals surface area contributed by atoms with E-state index in [1.54, 1.807) is 12.3 Å². The zero-order valence-corrected chi connectivity index (χ0v) is 8.47. The molecule has 2 nitrogen and oxygen atoms in total. The number of benzene rings is 1. The van der Waals surface area contributed by atoms with E-state index >= 15 is 0 Å². The SMILES string of the molecule is Fc1cccc(-c2cccn3ccnc23)c1. The van der Waals surface area contributed by atoms with Crippen LogP contribution in [-0.2, 0) is 0 Å². The molecule has 3 rings (SSSR count). The number of rotatable bonds is 1. The number of hydrogen-bond acceptors (Lipinski definition) is 1. The van der Waals surface area contributed by atoms with Gasteiger partial charge in [-0.1, -0.05) is 12.1 Å². The average Bonchev–Trinajstić information content (AvgIpc) is 2.76. The van der Waals surface area contributed by atoms with Crippen molar-refractivity contribution in [3.63, 3.8) is 0 Å². The van der Waals surface area contributed by atoms with Gasteiger partial charge in [0.05, 0.1) is 0 Å². The highest BCUT2D eigenvalue weighted by Crippen LogP contribution is 2.23. The number of imidazole rings is 1. The van der Waals surface area contributed by atoms with Crippen molar-refractivity contribution >= 4 is 5.65 Å². The molecule has 2 heterocycles. The van der Waals surface area contributed by atoms with E-state index in [1.165, 1.54) is 12.1 Å². The molecule has 78 valence electrons. The Hall–Kier alpha value is -2.16. The van der Waals surface area contributed by atoms with Gasteiger partial charge in [-0.2, -0.15) is 0 Å². The molecule has 0 radical (unpaired) electrons. The first-order chi connectivity index (χ1) is 7.84. The smallest absolute Gasteiger partial charge is 0.144 e. The van der Waals surface area contributed by atoms with Crippen molar-refractivity contribution < 1.29 is 4.39 Å². The summed E-state index contributed by atoms with van der Waals surface area (Å²) in [5, 5.41) is 0. The van der Waals surface area contributed by atoms with Gasteiger partial charge < -0.3 is 4.40 Å². The first-order valence-corrected chi connectivity index (χ1v) is 5.02. The fourth-order valence-electron chi connectivity index (χ4n) is 1.83. The van der Waals surface area contributed by atoms with Crippen LogP contribution in [0.1, 0.15) is 0 Å². The third kappa shape index (κ3) is 1.37. The molecule has 0 aliphatic carbocycles. The molecular weight excluding hydrogens is 203 g/mol. The summed E-state index contributed by atoms with van der Waals surface area (Å²) in [6.07, 6.45) is 5.53. The molecule has 0 spiro atoms. The summed E-state index contributed by atoms with van der Waals surface area (Å²) in [5.74, 6) is -0.231. The topological polar surface area (TPSA) is 17.3 Å². The van der Waals surface area contributed by atoms with Crippen molar-refractivity contribution in [1.29, 1.82) is 0 Å². The number of pyridine rings is 1. The molecule has 0 N–H and O–H groups in total. The lowest BCUT2D eigenvalue weighted by molar-refractivity contribution is 0.628. The highest BCUT2D eigenvalue weighted by Gasteiger charge is 2.05. The molecule has 0 aliphatic heterocycles. The van der Waals surface area contributed by atoms with Gasteiger partial charge in [0, 0.05) is 24.2 Å². The molecule has 16 heavy (non-hydrogen) atoms. The summed E-state index contributed by atoms with van der Waals surface area (Å²) in [4.78, 5) is 4.27. The second kappa shape index (κ2) is 3.45. The highest BCUT2D eigenvalue weighted by molar-refractivity contribution is 5.77. The second-order valence-electron chi connectivity index (χ2n) is 3.59. The maximum Gasteiger partial charge on any atom is 0.144 e. The third-order valence-corrected chi connectivity index (χ3v) is 2.55. The largest absolute Gasteiger partial charge is 0.307 e.